The third-order valence-electron chi connectivity index (χ3n) is 5.75. The van der Waals surface area contributed by atoms with E-state index in [-0.39, 0.29) is 29.3 Å². The summed E-state index contributed by atoms with van der Waals surface area (Å²) in [4.78, 5) is 29.4. The fourth-order valence-corrected chi connectivity index (χ4v) is 4.24. The Labute approximate surface area is 188 Å². The number of anilines is 2. The summed E-state index contributed by atoms with van der Waals surface area (Å²) in [5.41, 5.74) is 1.78. The van der Waals surface area contributed by atoms with E-state index in [0.717, 1.165) is 24.9 Å². The zero-order chi connectivity index (χ0) is 23.5. The molecule has 1 fully saturated rings. The van der Waals surface area contributed by atoms with Crippen LogP contribution < -0.4 is 10.6 Å². The first-order chi connectivity index (χ1) is 15.1. The Kier molecular flexibility index (Phi) is 7.40. The minimum atomic E-state index is -0.533. The Morgan fingerprint density at radius 3 is 2.72 bits per heavy atom. The van der Waals surface area contributed by atoms with Crippen molar-refractivity contribution in [3.63, 3.8) is 0 Å². The van der Waals surface area contributed by atoms with Crippen LogP contribution in [0.3, 0.4) is 0 Å². The minimum absolute atomic E-state index is 0.0184. The topological polar surface area (TPSA) is 104 Å². The molecule has 0 unspecified atom stereocenters. The monoisotopic (exact) mass is 446 g/mol. The Bertz CT molecular complexity index is 978. The lowest BCUT2D eigenvalue weighted by molar-refractivity contribution is -0.114. The van der Waals surface area contributed by atoms with Gasteiger partial charge in [-0.25, -0.2) is 9.78 Å². The maximum atomic E-state index is 12.7. The quantitative estimate of drug-likeness (QED) is 0.568. The Morgan fingerprint density at radius 1 is 1.38 bits per heavy atom. The van der Waals surface area contributed by atoms with Gasteiger partial charge in [-0.05, 0) is 46.1 Å². The molecular weight excluding hydrogens is 412 g/mol. The predicted octanol–water partition coefficient (Wildman–Crippen LogP) is 3.58. The van der Waals surface area contributed by atoms with Crippen LogP contribution in [-0.2, 0) is 25.5 Å². The third kappa shape index (κ3) is 5.39. The van der Waals surface area contributed by atoms with Crippen LogP contribution in [0.2, 0.25) is 0 Å². The van der Waals surface area contributed by atoms with E-state index in [4.69, 9.17) is 14.2 Å². The average molecular weight is 447 g/mol. The van der Waals surface area contributed by atoms with Gasteiger partial charge in [-0.3, -0.25) is 4.79 Å². The van der Waals surface area contributed by atoms with E-state index < -0.39 is 5.97 Å². The SMILES string of the molecule is COC(=O)c1c(NC(C)=O)c2cc(N[C@H](C)CC(C)(C)OC)cnc2n1C[C@@H]1CCCO1. The van der Waals surface area contributed by atoms with Gasteiger partial charge in [0, 0.05) is 32.1 Å². The van der Waals surface area contributed by atoms with E-state index in [2.05, 4.69) is 22.5 Å². The number of fused-ring (bicyclic) bond motifs is 1. The zero-order valence-electron chi connectivity index (χ0n) is 19.8. The molecule has 9 nitrogen and oxygen atoms in total. The first-order valence-corrected chi connectivity index (χ1v) is 11.0. The molecule has 2 aromatic heterocycles. The molecule has 3 heterocycles. The molecule has 1 amide bonds. The lowest BCUT2D eigenvalue weighted by atomic mass is 10.00. The average Bonchev–Trinajstić information content (AvgIpc) is 3.34. The first-order valence-electron chi connectivity index (χ1n) is 11.0. The highest BCUT2D eigenvalue weighted by Crippen LogP contribution is 2.34. The van der Waals surface area contributed by atoms with Crippen molar-refractivity contribution in [2.75, 3.05) is 31.5 Å². The second-order valence-electron chi connectivity index (χ2n) is 8.95. The molecule has 0 radical (unpaired) electrons. The summed E-state index contributed by atoms with van der Waals surface area (Å²) < 4.78 is 18.2. The van der Waals surface area contributed by atoms with Gasteiger partial charge in [0.1, 0.15) is 5.65 Å². The van der Waals surface area contributed by atoms with Crippen LogP contribution in [0.25, 0.3) is 11.0 Å². The number of pyridine rings is 1. The molecule has 0 bridgehead atoms. The molecule has 2 N–H and O–H groups in total. The van der Waals surface area contributed by atoms with E-state index in [0.29, 0.717) is 29.9 Å². The van der Waals surface area contributed by atoms with Gasteiger partial charge >= 0.3 is 5.97 Å². The zero-order valence-corrected chi connectivity index (χ0v) is 19.8. The number of aromatic nitrogens is 2. The molecule has 32 heavy (non-hydrogen) atoms. The summed E-state index contributed by atoms with van der Waals surface area (Å²) in [5.74, 6) is -0.811. The Hall–Kier alpha value is -2.65. The molecule has 1 aliphatic rings. The van der Waals surface area contributed by atoms with Crippen LogP contribution in [0.4, 0.5) is 11.4 Å². The van der Waals surface area contributed by atoms with Crippen molar-refractivity contribution >= 4 is 34.3 Å². The van der Waals surface area contributed by atoms with Crippen LogP contribution in [0.15, 0.2) is 12.3 Å². The number of rotatable bonds is 9. The van der Waals surface area contributed by atoms with Crippen LogP contribution in [0.5, 0.6) is 0 Å². The molecule has 9 heteroatoms. The summed E-state index contributed by atoms with van der Waals surface area (Å²) >= 11 is 0. The highest BCUT2D eigenvalue weighted by molar-refractivity contribution is 6.10. The van der Waals surface area contributed by atoms with Gasteiger partial charge < -0.3 is 29.4 Å². The molecule has 1 aliphatic heterocycles. The standard InChI is InChI=1S/C23H34N4O5/c1-14(11-23(3,4)31-6)25-16-10-18-19(26-15(2)28)20(22(29)30-5)27(21(18)24-12-16)13-17-8-7-9-32-17/h10,12,14,17,25H,7-9,11,13H2,1-6H3,(H,26,28)/t14-,17+/m1/s1. The number of nitrogens with zero attached hydrogens (tertiary/aromatic N) is 2. The van der Waals surface area contributed by atoms with E-state index in [1.165, 1.54) is 14.0 Å². The molecule has 176 valence electrons. The molecule has 2 atom stereocenters. The lowest BCUT2D eigenvalue weighted by Gasteiger charge is -2.27. The van der Waals surface area contributed by atoms with Crippen LogP contribution in [0, 0.1) is 0 Å². The third-order valence-corrected chi connectivity index (χ3v) is 5.75. The maximum absolute atomic E-state index is 12.7. The van der Waals surface area contributed by atoms with Gasteiger partial charge in [-0.2, -0.15) is 0 Å². The van der Waals surface area contributed by atoms with E-state index in [1.807, 2.05) is 19.9 Å². The van der Waals surface area contributed by atoms with Crippen LogP contribution >= 0.6 is 0 Å². The fraction of sp³-hybridized carbons (Fsp3) is 0.609. The lowest BCUT2D eigenvalue weighted by Crippen LogP contribution is -2.31. The summed E-state index contributed by atoms with van der Waals surface area (Å²) in [6.07, 6.45) is 4.39. The number of carbonyl (C=O) groups is 2. The van der Waals surface area contributed by atoms with Crippen molar-refractivity contribution in [1.29, 1.82) is 0 Å². The molecular formula is C23H34N4O5. The maximum Gasteiger partial charge on any atom is 0.356 e. The van der Waals surface area contributed by atoms with Gasteiger partial charge in [-0.1, -0.05) is 0 Å². The largest absolute Gasteiger partial charge is 0.464 e. The van der Waals surface area contributed by atoms with Gasteiger partial charge in [0.15, 0.2) is 5.69 Å². The van der Waals surface area contributed by atoms with E-state index in [9.17, 15) is 9.59 Å². The normalized spacial score (nSPS) is 17.4. The van der Waals surface area contributed by atoms with Crippen molar-refractivity contribution in [3.8, 4) is 0 Å². The van der Waals surface area contributed by atoms with Crippen LogP contribution in [0.1, 0.15) is 57.4 Å². The highest BCUT2D eigenvalue weighted by atomic mass is 16.5. The summed E-state index contributed by atoms with van der Waals surface area (Å²) in [6, 6.07) is 2.02. The molecule has 0 spiro atoms. The van der Waals surface area contributed by atoms with Gasteiger partial charge in [0.05, 0.1) is 42.9 Å². The van der Waals surface area contributed by atoms with Crippen molar-refractivity contribution in [2.45, 2.75) is 71.2 Å². The summed E-state index contributed by atoms with van der Waals surface area (Å²) in [6.45, 7) is 8.72. The van der Waals surface area contributed by atoms with Gasteiger partial charge in [0.25, 0.3) is 0 Å². The van der Waals surface area contributed by atoms with E-state index in [1.54, 1.807) is 17.9 Å². The number of amides is 1. The highest BCUT2D eigenvalue weighted by Gasteiger charge is 2.28. The number of hydrogen-bond acceptors (Lipinski definition) is 7. The summed E-state index contributed by atoms with van der Waals surface area (Å²) in [7, 11) is 3.03. The number of hydrogen-bond donors (Lipinski definition) is 2. The van der Waals surface area contributed by atoms with Crippen LogP contribution in [-0.4, -0.2) is 60.0 Å². The number of carbonyl (C=O) groups excluding carboxylic acids is 2. The summed E-state index contributed by atoms with van der Waals surface area (Å²) in [5, 5.41) is 6.93. The van der Waals surface area contributed by atoms with E-state index >= 15 is 0 Å². The molecule has 2 aromatic rings. The molecule has 0 aromatic carbocycles. The van der Waals surface area contributed by atoms with Gasteiger partial charge in [-0.15, -0.1) is 0 Å². The van der Waals surface area contributed by atoms with Crippen molar-refractivity contribution in [2.24, 2.45) is 0 Å². The smallest absolute Gasteiger partial charge is 0.356 e. The second-order valence-corrected chi connectivity index (χ2v) is 8.95. The molecule has 3 rings (SSSR count). The first kappa shape index (κ1) is 24.0. The van der Waals surface area contributed by atoms with Crippen molar-refractivity contribution in [1.82, 2.24) is 9.55 Å². The van der Waals surface area contributed by atoms with Gasteiger partial charge in [0.2, 0.25) is 5.91 Å². The number of methoxy groups -OCH3 is 2. The predicted molar refractivity (Wildman–Crippen MR) is 123 cm³/mol. The molecule has 0 aliphatic carbocycles. The molecule has 0 saturated carbocycles. The number of ether oxygens (including phenoxy) is 3. The Balaban J connectivity index is 2.05. The molecule has 1 saturated heterocycles. The fourth-order valence-electron chi connectivity index (χ4n) is 4.24. The number of esters is 1. The van der Waals surface area contributed by atoms with Crippen molar-refractivity contribution in [3.05, 3.63) is 18.0 Å². The number of nitrogens with one attached hydrogen (secondary N) is 2. The second kappa shape index (κ2) is 9.87. The van der Waals surface area contributed by atoms with Crippen molar-refractivity contribution < 1.29 is 23.8 Å². The minimum Gasteiger partial charge on any atom is -0.464 e. The Morgan fingerprint density at radius 2 is 2.12 bits per heavy atom.